The van der Waals surface area contributed by atoms with Crippen LogP contribution < -0.4 is 5.46 Å². The monoisotopic (exact) mass is 496 g/mol. The quantitative estimate of drug-likeness (QED) is 0.297. The number of fused-ring (bicyclic) bond motifs is 1. The summed E-state index contributed by atoms with van der Waals surface area (Å²) in [7, 11) is -0.361. The van der Waals surface area contributed by atoms with Crippen molar-refractivity contribution in [3.63, 3.8) is 0 Å². The topological polar surface area (TPSA) is 38.7 Å². The molecular weight excluding hydrogens is 455 g/mol. The third-order valence-corrected chi connectivity index (χ3v) is 9.22. The summed E-state index contributed by atoms with van der Waals surface area (Å²) in [5, 5.41) is 12.6. The second kappa shape index (κ2) is 9.41. The number of hydrogen-bond acceptors (Lipinski definition) is 3. The molecule has 3 aromatic rings. The largest absolute Gasteiger partial charge is 0.494 e. The van der Waals surface area contributed by atoms with Gasteiger partial charge < -0.3 is 14.4 Å². The highest BCUT2D eigenvalue weighted by Gasteiger charge is 2.51. The number of allylic oxidation sites excluding steroid dienone is 1. The van der Waals surface area contributed by atoms with E-state index in [0.29, 0.717) is 5.92 Å². The maximum Gasteiger partial charge on any atom is 0.494 e. The summed E-state index contributed by atoms with van der Waals surface area (Å²) in [6.45, 7) is 17.4. The highest BCUT2D eigenvalue weighted by atomic mass is 16.7. The van der Waals surface area contributed by atoms with Crippen LogP contribution in [-0.4, -0.2) is 23.4 Å². The first-order valence-corrected chi connectivity index (χ1v) is 13.8. The number of rotatable bonds is 5. The zero-order chi connectivity index (χ0) is 26.6. The Morgan fingerprint density at radius 3 is 2.19 bits per heavy atom. The normalized spacial score (nSPS) is 25.1. The number of benzene rings is 3. The van der Waals surface area contributed by atoms with Gasteiger partial charge in [0.15, 0.2) is 0 Å². The van der Waals surface area contributed by atoms with Crippen molar-refractivity contribution in [2.75, 3.05) is 0 Å². The summed E-state index contributed by atoms with van der Waals surface area (Å²) in [6, 6.07) is 19.7. The lowest BCUT2D eigenvalue weighted by Gasteiger charge is -2.42. The van der Waals surface area contributed by atoms with Gasteiger partial charge in [-0.3, -0.25) is 0 Å². The predicted molar refractivity (Wildman–Crippen MR) is 155 cm³/mol. The van der Waals surface area contributed by atoms with Crippen LogP contribution >= 0.6 is 0 Å². The molecule has 1 aliphatic heterocycles. The Morgan fingerprint density at radius 1 is 0.919 bits per heavy atom. The highest BCUT2D eigenvalue weighted by molar-refractivity contribution is 6.62. The molecule has 4 heteroatoms. The van der Waals surface area contributed by atoms with Crippen LogP contribution in [0.25, 0.3) is 21.9 Å². The van der Waals surface area contributed by atoms with E-state index in [1.54, 1.807) is 0 Å². The van der Waals surface area contributed by atoms with Gasteiger partial charge in [-0.25, -0.2) is 0 Å². The molecule has 1 aliphatic carbocycles. The van der Waals surface area contributed by atoms with Crippen molar-refractivity contribution in [3.05, 3.63) is 77.9 Å². The van der Waals surface area contributed by atoms with E-state index in [-0.39, 0.29) is 30.3 Å². The fourth-order valence-corrected chi connectivity index (χ4v) is 6.48. The number of aliphatic hydroxyl groups is 1. The lowest BCUT2D eigenvalue weighted by atomic mass is 9.62. The van der Waals surface area contributed by atoms with E-state index in [4.69, 9.17) is 9.31 Å². The summed E-state index contributed by atoms with van der Waals surface area (Å²) >= 11 is 0. The van der Waals surface area contributed by atoms with Crippen LogP contribution in [0.5, 0.6) is 0 Å². The molecule has 3 nitrogen and oxygen atoms in total. The van der Waals surface area contributed by atoms with Gasteiger partial charge in [0.1, 0.15) is 0 Å². The van der Waals surface area contributed by atoms with Crippen LogP contribution in [0.3, 0.4) is 0 Å². The van der Waals surface area contributed by atoms with Crippen molar-refractivity contribution in [2.24, 2.45) is 5.92 Å². The second-order valence-corrected chi connectivity index (χ2v) is 12.5. The molecular formula is C33H41BO3. The Balaban J connectivity index is 1.50. The van der Waals surface area contributed by atoms with E-state index in [1.165, 1.54) is 33.0 Å². The fourth-order valence-electron chi connectivity index (χ4n) is 6.48. The first-order chi connectivity index (χ1) is 17.5. The van der Waals surface area contributed by atoms with Crippen molar-refractivity contribution in [1.82, 2.24) is 0 Å². The standard InChI is InChI=1S/C33H41BO3/c1-8-33(19-22(2)15-23(3)20-33)30-18-27(11-12-28(30)21-35)24-9-10-26-17-29(14-13-25(26)16-24)34-36-31(4,5)32(6,7)37-34/h9-14,16-18,23,35H,2,8,15,19-21H2,1,3-7H3. The van der Waals surface area contributed by atoms with Gasteiger partial charge in [0.2, 0.25) is 0 Å². The Kier molecular flexibility index (Phi) is 6.67. The van der Waals surface area contributed by atoms with Crippen LogP contribution in [0.1, 0.15) is 78.4 Å². The summed E-state index contributed by atoms with van der Waals surface area (Å²) in [6.07, 6.45) is 4.29. The molecule has 2 aliphatic rings. The van der Waals surface area contributed by atoms with Crippen LogP contribution in [0.15, 0.2) is 66.7 Å². The molecule has 194 valence electrons. The highest BCUT2D eigenvalue weighted by Crippen LogP contribution is 2.48. The average Bonchev–Trinajstić information content (AvgIpc) is 3.08. The van der Waals surface area contributed by atoms with Gasteiger partial charge in [0, 0.05) is 0 Å². The molecule has 2 fully saturated rings. The summed E-state index contributed by atoms with van der Waals surface area (Å²) in [5.41, 5.74) is 6.43. The van der Waals surface area contributed by atoms with Gasteiger partial charge in [-0.05, 0) is 109 Å². The minimum absolute atomic E-state index is 0.0391. The van der Waals surface area contributed by atoms with E-state index in [0.717, 1.165) is 36.7 Å². The van der Waals surface area contributed by atoms with Crippen LogP contribution in [-0.2, 0) is 21.3 Å². The zero-order valence-corrected chi connectivity index (χ0v) is 23.4. The Bertz CT molecular complexity index is 1320. The van der Waals surface area contributed by atoms with E-state index in [2.05, 4.69) is 103 Å². The number of hydrogen-bond donors (Lipinski definition) is 1. The molecule has 0 spiro atoms. The molecule has 2 unspecified atom stereocenters. The molecule has 0 radical (unpaired) electrons. The van der Waals surface area contributed by atoms with E-state index in [9.17, 15) is 5.11 Å². The molecule has 0 amide bonds. The van der Waals surface area contributed by atoms with Crippen molar-refractivity contribution < 1.29 is 14.4 Å². The molecule has 1 saturated carbocycles. The first-order valence-electron chi connectivity index (χ1n) is 13.8. The van der Waals surface area contributed by atoms with Crippen LogP contribution in [0.4, 0.5) is 0 Å². The van der Waals surface area contributed by atoms with Crippen molar-refractivity contribution in [1.29, 1.82) is 0 Å². The van der Waals surface area contributed by atoms with Gasteiger partial charge in [0.05, 0.1) is 17.8 Å². The Morgan fingerprint density at radius 2 is 1.54 bits per heavy atom. The molecule has 1 N–H and O–H groups in total. The molecule has 1 heterocycles. The zero-order valence-electron chi connectivity index (χ0n) is 23.4. The first kappa shape index (κ1) is 26.2. The van der Waals surface area contributed by atoms with Crippen molar-refractivity contribution in [3.8, 4) is 11.1 Å². The maximum atomic E-state index is 10.2. The molecule has 1 saturated heterocycles. The van der Waals surface area contributed by atoms with E-state index >= 15 is 0 Å². The van der Waals surface area contributed by atoms with Gasteiger partial charge in [-0.1, -0.05) is 74.5 Å². The third kappa shape index (κ3) is 4.69. The molecule has 37 heavy (non-hydrogen) atoms. The molecule has 5 rings (SSSR count). The molecule has 0 aromatic heterocycles. The predicted octanol–water partition coefficient (Wildman–Crippen LogP) is 7.32. The summed E-state index contributed by atoms with van der Waals surface area (Å²) in [5.74, 6) is 0.607. The van der Waals surface area contributed by atoms with Crippen LogP contribution in [0, 0.1) is 5.92 Å². The average molecular weight is 497 g/mol. The third-order valence-electron chi connectivity index (χ3n) is 9.22. The minimum atomic E-state index is -0.361. The summed E-state index contributed by atoms with van der Waals surface area (Å²) in [4.78, 5) is 0. The summed E-state index contributed by atoms with van der Waals surface area (Å²) < 4.78 is 12.5. The lowest BCUT2D eigenvalue weighted by molar-refractivity contribution is 0.00578. The fraction of sp³-hybridized carbons (Fsp3) is 0.455. The SMILES string of the molecule is C=C1CC(C)CC(CC)(c2cc(-c3ccc4cc(B5OC(C)(C)C(C)(C)O5)ccc4c3)ccc2CO)C1. The maximum absolute atomic E-state index is 10.2. The lowest BCUT2D eigenvalue weighted by Crippen LogP contribution is -2.41. The van der Waals surface area contributed by atoms with E-state index in [1.807, 2.05) is 0 Å². The second-order valence-electron chi connectivity index (χ2n) is 12.5. The Hall–Kier alpha value is -2.40. The Labute approximate surface area is 223 Å². The number of aliphatic hydroxyl groups excluding tert-OH is 1. The van der Waals surface area contributed by atoms with Gasteiger partial charge in [0.25, 0.3) is 0 Å². The molecule has 3 aromatic carbocycles. The van der Waals surface area contributed by atoms with Crippen molar-refractivity contribution >= 4 is 23.4 Å². The molecule has 2 atom stereocenters. The van der Waals surface area contributed by atoms with E-state index < -0.39 is 0 Å². The molecule has 0 bridgehead atoms. The van der Waals surface area contributed by atoms with Gasteiger partial charge >= 0.3 is 7.12 Å². The van der Waals surface area contributed by atoms with Gasteiger partial charge in [-0.15, -0.1) is 0 Å². The minimum Gasteiger partial charge on any atom is -0.399 e. The van der Waals surface area contributed by atoms with Crippen molar-refractivity contribution in [2.45, 2.75) is 90.4 Å². The smallest absolute Gasteiger partial charge is 0.399 e. The van der Waals surface area contributed by atoms with Gasteiger partial charge in [-0.2, -0.15) is 0 Å². The van der Waals surface area contributed by atoms with Crippen LogP contribution in [0.2, 0.25) is 0 Å².